The summed E-state index contributed by atoms with van der Waals surface area (Å²) in [4.78, 5) is 4.48. The SMILES string of the molecule is CCNC(C)c1ccc(C)cc1OCc1cccc(C)n1. The van der Waals surface area contributed by atoms with E-state index in [0.29, 0.717) is 6.61 Å². The van der Waals surface area contributed by atoms with E-state index in [4.69, 9.17) is 4.74 Å². The summed E-state index contributed by atoms with van der Waals surface area (Å²) in [6.07, 6.45) is 0. The fourth-order valence-electron chi connectivity index (χ4n) is 2.37. The first kappa shape index (κ1) is 15.5. The first-order valence-corrected chi connectivity index (χ1v) is 7.49. The predicted octanol–water partition coefficient (Wildman–Crippen LogP) is 3.95. The van der Waals surface area contributed by atoms with E-state index in [9.17, 15) is 0 Å². The van der Waals surface area contributed by atoms with Gasteiger partial charge in [0.1, 0.15) is 12.4 Å². The Bertz CT molecular complexity index is 596. The van der Waals surface area contributed by atoms with Crippen LogP contribution in [-0.2, 0) is 6.61 Å². The standard InChI is InChI=1S/C18H24N2O/c1-5-19-15(4)17-10-9-13(2)11-18(17)21-12-16-8-6-7-14(3)20-16/h6-11,15,19H,5,12H2,1-4H3. The van der Waals surface area contributed by atoms with Crippen LogP contribution in [0.4, 0.5) is 0 Å². The van der Waals surface area contributed by atoms with Crippen molar-refractivity contribution < 1.29 is 4.74 Å². The number of ether oxygens (including phenoxy) is 1. The molecule has 0 saturated carbocycles. The molecule has 0 radical (unpaired) electrons. The molecule has 0 aliphatic rings. The third kappa shape index (κ3) is 4.30. The smallest absolute Gasteiger partial charge is 0.130 e. The number of nitrogens with zero attached hydrogens (tertiary/aromatic N) is 1. The molecule has 0 aliphatic heterocycles. The average molecular weight is 284 g/mol. The highest BCUT2D eigenvalue weighted by molar-refractivity contribution is 5.39. The maximum absolute atomic E-state index is 6.02. The molecular formula is C18H24N2O. The second kappa shape index (κ2) is 7.23. The van der Waals surface area contributed by atoms with Crippen molar-refractivity contribution in [3.05, 3.63) is 58.9 Å². The molecule has 1 aromatic heterocycles. The summed E-state index contributed by atoms with van der Waals surface area (Å²) >= 11 is 0. The van der Waals surface area contributed by atoms with Crippen LogP contribution in [0.2, 0.25) is 0 Å². The Morgan fingerprint density at radius 1 is 1.19 bits per heavy atom. The van der Waals surface area contributed by atoms with E-state index in [0.717, 1.165) is 23.7 Å². The molecule has 3 nitrogen and oxygen atoms in total. The maximum atomic E-state index is 6.02. The molecule has 1 atom stereocenters. The minimum absolute atomic E-state index is 0.274. The molecule has 0 fully saturated rings. The van der Waals surface area contributed by atoms with E-state index < -0.39 is 0 Å². The zero-order valence-corrected chi connectivity index (χ0v) is 13.3. The summed E-state index contributed by atoms with van der Waals surface area (Å²) in [5, 5.41) is 3.43. The van der Waals surface area contributed by atoms with Gasteiger partial charge in [0, 0.05) is 17.3 Å². The summed E-state index contributed by atoms with van der Waals surface area (Å²) in [5.74, 6) is 0.937. The zero-order valence-electron chi connectivity index (χ0n) is 13.3. The summed E-state index contributed by atoms with van der Waals surface area (Å²) in [7, 11) is 0. The number of benzene rings is 1. The lowest BCUT2D eigenvalue weighted by Gasteiger charge is -2.18. The monoisotopic (exact) mass is 284 g/mol. The molecule has 0 amide bonds. The van der Waals surface area contributed by atoms with Crippen LogP contribution in [-0.4, -0.2) is 11.5 Å². The highest BCUT2D eigenvalue weighted by Gasteiger charge is 2.11. The number of pyridine rings is 1. The van der Waals surface area contributed by atoms with Crippen LogP contribution in [0.25, 0.3) is 0 Å². The van der Waals surface area contributed by atoms with E-state index in [-0.39, 0.29) is 6.04 Å². The molecule has 1 aromatic carbocycles. The van der Waals surface area contributed by atoms with Crippen LogP contribution in [0.5, 0.6) is 5.75 Å². The van der Waals surface area contributed by atoms with Crippen molar-refractivity contribution in [3.63, 3.8) is 0 Å². The minimum atomic E-state index is 0.274. The molecule has 0 aliphatic carbocycles. The van der Waals surface area contributed by atoms with Crippen LogP contribution >= 0.6 is 0 Å². The van der Waals surface area contributed by atoms with Gasteiger partial charge in [0.15, 0.2) is 0 Å². The number of hydrogen-bond acceptors (Lipinski definition) is 3. The van der Waals surface area contributed by atoms with Crippen LogP contribution in [0.15, 0.2) is 36.4 Å². The van der Waals surface area contributed by atoms with Crippen molar-refractivity contribution in [3.8, 4) is 5.75 Å². The van der Waals surface area contributed by atoms with Gasteiger partial charge >= 0.3 is 0 Å². The van der Waals surface area contributed by atoms with Crippen molar-refractivity contribution in [2.24, 2.45) is 0 Å². The van der Waals surface area contributed by atoms with E-state index in [1.807, 2.05) is 25.1 Å². The first-order valence-electron chi connectivity index (χ1n) is 7.49. The van der Waals surface area contributed by atoms with Gasteiger partial charge in [0.2, 0.25) is 0 Å². The van der Waals surface area contributed by atoms with E-state index in [1.54, 1.807) is 0 Å². The lowest BCUT2D eigenvalue weighted by Crippen LogP contribution is -2.18. The van der Waals surface area contributed by atoms with Gasteiger partial charge in [-0.3, -0.25) is 4.98 Å². The Morgan fingerprint density at radius 2 is 2.00 bits per heavy atom. The molecule has 1 heterocycles. The fraction of sp³-hybridized carbons (Fsp3) is 0.389. The Hall–Kier alpha value is -1.87. The molecule has 0 saturated heterocycles. The van der Waals surface area contributed by atoms with Gasteiger partial charge < -0.3 is 10.1 Å². The summed E-state index contributed by atoms with van der Waals surface area (Å²) in [6.45, 7) is 9.78. The van der Waals surface area contributed by atoms with Gasteiger partial charge in [-0.05, 0) is 51.1 Å². The second-order valence-electron chi connectivity index (χ2n) is 5.38. The van der Waals surface area contributed by atoms with Gasteiger partial charge in [-0.25, -0.2) is 0 Å². The van der Waals surface area contributed by atoms with E-state index >= 15 is 0 Å². The lowest BCUT2D eigenvalue weighted by atomic mass is 10.0. The largest absolute Gasteiger partial charge is 0.487 e. The van der Waals surface area contributed by atoms with Crippen molar-refractivity contribution >= 4 is 0 Å². The Kier molecular flexibility index (Phi) is 5.34. The van der Waals surface area contributed by atoms with Gasteiger partial charge in [-0.2, -0.15) is 0 Å². The number of hydrogen-bond donors (Lipinski definition) is 1. The summed E-state index contributed by atoms with van der Waals surface area (Å²) < 4.78 is 6.02. The summed E-state index contributed by atoms with van der Waals surface area (Å²) in [5.41, 5.74) is 4.37. The Morgan fingerprint density at radius 3 is 2.71 bits per heavy atom. The molecule has 112 valence electrons. The molecular weight excluding hydrogens is 260 g/mol. The van der Waals surface area contributed by atoms with E-state index in [2.05, 4.69) is 49.3 Å². The van der Waals surface area contributed by atoms with Gasteiger partial charge in [0.05, 0.1) is 5.69 Å². The average Bonchev–Trinajstić information content (AvgIpc) is 2.45. The quantitative estimate of drug-likeness (QED) is 0.872. The molecule has 21 heavy (non-hydrogen) atoms. The van der Waals surface area contributed by atoms with Gasteiger partial charge in [-0.15, -0.1) is 0 Å². The fourth-order valence-corrected chi connectivity index (χ4v) is 2.37. The zero-order chi connectivity index (χ0) is 15.2. The Balaban J connectivity index is 2.16. The van der Waals surface area contributed by atoms with Crippen molar-refractivity contribution in [2.45, 2.75) is 40.3 Å². The van der Waals surface area contributed by atoms with Crippen LogP contribution in [0.3, 0.4) is 0 Å². The number of aryl methyl sites for hydroxylation is 2. The van der Waals surface area contributed by atoms with Gasteiger partial charge in [0.25, 0.3) is 0 Å². The molecule has 2 rings (SSSR count). The third-order valence-electron chi connectivity index (χ3n) is 3.47. The van der Waals surface area contributed by atoms with Gasteiger partial charge in [-0.1, -0.05) is 25.1 Å². The molecule has 0 bridgehead atoms. The number of rotatable bonds is 6. The maximum Gasteiger partial charge on any atom is 0.130 e. The first-order chi connectivity index (χ1) is 10.1. The topological polar surface area (TPSA) is 34.1 Å². The van der Waals surface area contributed by atoms with Crippen molar-refractivity contribution in [1.82, 2.24) is 10.3 Å². The molecule has 1 N–H and O–H groups in total. The predicted molar refractivity (Wildman–Crippen MR) is 86.6 cm³/mol. The minimum Gasteiger partial charge on any atom is -0.487 e. The molecule has 2 aromatic rings. The number of nitrogens with one attached hydrogen (secondary N) is 1. The molecule has 1 unspecified atom stereocenters. The normalized spacial score (nSPS) is 12.2. The van der Waals surface area contributed by atoms with Crippen molar-refractivity contribution in [2.75, 3.05) is 6.54 Å². The summed E-state index contributed by atoms with van der Waals surface area (Å²) in [6, 6.07) is 12.6. The van der Waals surface area contributed by atoms with Crippen LogP contribution < -0.4 is 10.1 Å². The number of aromatic nitrogens is 1. The Labute approximate surface area is 127 Å². The van der Waals surface area contributed by atoms with E-state index in [1.165, 1.54) is 11.1 Å². The highest BCUT2D eigenvalue weighted by Crippen LogP contribution is 2.27. The van der Waals surface area contributed by atoms with Crippen LogP contribution in [0.1, 0.15) is 42.4 Å². The third-order valence-corrected chi connectivity index (χ3v) is 3.47. The lowest BCUT2D eigenvalue weighted by molar-refractivity contribution is 0.295. The molecule has 3 heteroatoms. The highest BCUT2D eigenvalue weighted by atomic mass is 16.5. The van der Waals surface area contributed by atoms with Crippen molar-refractivity contribution in [1.29, 1.82) is 0 Å². The second-order valence-corrected chi connectivity index (χ2v) is 5.38. The molecule has 0 spiro atoms. The van der Waals surface area contributed by atoms with Crippen LogP contribution in [0, 0.1) is 13.8 Å².